The maximum Gasteiger partial charge on any atom is 0.178 e. The first-order valence-electron chi connectivity index (χ1n) is 6.80. The molecule has 0 bridgehead atoms. The monoisotopic (exact) mass is 261 g/mol. The zero-order valence-corrected chi connectivity index (χ0v) is 11.5. The Labute approximate surface area is 112 Å². The predicted octanol–water partition coefficient (Wildman–Crippen LogP) is 4.24. The summed E-state index contributed by atoms with van der Waals surface area (Å²) in [6, 6.07) is 2.62. The number of rotatable bonds is 1. The first kappa shape index (κ1) is 11.9. The van der Waals surface area contributed by atoms with Gasteiger partial charge in [-0.1, -0.05) is 19.8 Å². The van der Waals surface area contributed by atoms with Gasteiger partial charge >= 0.3 is 0 Å². The van der Waals surface area contributed by atoms with Crippen LogP contribution < -0.4 is 0 Å². The van der Waals surface area contributed by atoms with Gasteiger partial charge < -0.3 is 9.55 Å². The molecule has 96 valence electrons. The summed E-state index contributed by atoms with van der Waals surface area (Å²) < 4.78 is 3.15. The second-order valence-corrected chi connectivity index (χ2v) is 5.85. The largest absolute Gasteiger partial charge is 0.329 e. The Bertz CT molecular complexity index is 598. The molecule has 0 radical (unpaired) electrons. The summed E-state index contributed by atoms with van der Waals surface area (Å²) in [6.45, 7) is 2.36. The van der Waals surface area contributed by atoms with Crippen molar-refractivity contribution in [2.45, 2.75) is 45.1 Å². The van der Waals surface area contributed by atoms with Crippen molar-refractivity contribution < 1.29 is 0 Å². The highest BCUT2D eigenvalue weighted by molar-refractivity contribution is 7.71. The van der Waals surface area contributed by atoms with Gasteiger partial charge in [0.1, 0.15) is 0 Å². The van der Waals surface area contributed by atoms with Crippen LogP contribution in [-0.2, 0) is 0 Å². The van der Waals surface area contributed by atoms with Crippen LogP contribution in [-0.4, -0.2) is 14.5 Å². The summed E-state index contributed by atoms with van der Waals surface area (Å²) in [4.78, 5) is 7.42. The number of hydrogen-bond donors (Lipinski definition) is 1. The molecule has 3 rings (SSSR count). The summed E-state index contributed by atoms with van der Waals surface area (Å²) in [7, 11) is 0. The summed E-state index contributed by atoms with van der Waals surface area (Å²) in [6.07, 6.45) is 10.2. The van der Waals surface area contributed by atoms with Gasteiger partial charge in [0, 0.05) is 12.2 Å². The third-order valence-corrected chi connectivity index (χ3v) is 4.41. The molecule has 4 heteroatoms. The number of nitrogens with one attached hydrogen (secondary N) is 1. The predicted molar refractivity (Wildman–Crippen MR) is 76.2 cm³/mol. The number of imidazole rings is 1. The van der Waals surface area contributed by atoms with Crippen LogP contribution in [0.4, 0.5) is 0 Å². The van der Waals surface area contributed by atoms with E-state index in [9.17, 15) is 0 Å². The molecule has 2 atom stereocenters. The molecule has 3 nitrogen and oxygen atoms in total. The van der Waals surface area contributed by atoms with Crippen LogP contribution in [0.1, 0.15) is 45.1 Å². The molecular weight excluding hydrogens is 242 g/mol. The average molecular weight is 261 g/mol. The molecule has 0 saturated heterocycles. The molecule has 2 heterocycles. The highest BCUT2D eigenvalue weighted by atomic mass is 32.1. The Hall–Kier alpha value is -1.16. The van der Waals surface area contributed by atoms with Crippen LogP contribution in [0, 0.1) is 10.7 Å². The third-order valence-electron chi connectivity index (χ3n) is 4.11. The standard InChI is InChI=1S/C14H19N3S/c1-10-3-2-4-11(6-5-10)17-13-7-8-15-9-12(13)16-14(17)18/h7-11H,2-6H2,1H3,(H,16,18). The number of nitrogens with zero attached hydrogens (tertiary/aromatic N) is 2. The van der Waals surface area contributed by atoms with Gasteiger partial charge in [0.15, 0.2) is 4.77 Å². The molecule has 1 aliphatic carbocycles. The van der Waals surface area contributed by atoms with Crippen LogP contribution >= 0.6 is 12.2 Å². The number of hydrogen-bond acceptors (Lipinski definition) is 2. The fraction of sp³-hybridized carbons (Fsp3) is 0.571. The Morgan fingerprint density at radius 3 is 3.11 bits per heavy atom. The van der Waals surface area contributed by atoms with Crippen LogP contribution in [0.3, 0.4) is 0 Å². The van der Waals surface area contributed by atoms with Crippen molar-refractivity contribution in [3.63, 3.8) is 0 Å². The van der Waals surface area contributed by atoms with E-state index < -0.39 is 0 Å². The first-order chi connectivity index (χ1) is 8.75. The lowest BCUT2D eigenvalue weighted by atomic mass is 10.0. The number of aromatic nitrogens is 3. The third kappa shape index (κ3) is 2.09. The Kier molecular flexibility index (Phi) is 3.20. The molecule has 0 spiro atoms. The van der Waals surface area contributed by atoms with Crippen LogP contribution in [0.15, 0.2) is 18.5 Å². The number of aromatic amines is 1. The normalized spacial score (nSPS) is 25.2. The zero-order chi connectivity index (χ0) is 12.5. The molecule has 1 aliphatic rings. The molecule has 1 saturated carbocycles. The second kappa shape index (κ2) is 4.84. The van der Waals surface area contributed by atoms with E-state index in [4.69, 9.17) is 12.2 Å². The van der Waals surface area contributed by atoms with E-state index in [2.05, 4.69) is 27.5 Å². The molecule has 0 amide bonds. The Morgan fingerprint density at radius 2 is 2.22 bits per heavy atom. The van der Waals surface area contributed by atoms with Crippen molar-refractivity contribution in [1.82, 2.24) is 14.5 Å². The van der Waals surface area contributed by atoms with Crippen molar-refractivity contribution in [2.75, 3.05) is 0 Å². The molecule has 2 aromatic rings. The fourth-order valence-corrected chi connectivity index (χ4v) is 3.42. The quantitative estimate of drug-likeness (QED) is 0.615. The average Bonchev–Trinajstić information content (AvgIpc) is 2.54. The topological polar surface area (TPSA) is 33.6 Å². The van der Waals surface area contributed by atoms with Gasteiger partial charge in [-0.05, 0) is 43.5 Å². The summed E-state index contributed by atoms with van der Waals surface area (Å²) in [5.74, 6) is 0.857. The van der Waals surface area contributed by atoms with Gasteiger partial charge in [-0.25, -0.2) is 0 Å². The Balaban J connectivity index is 2.03. The summed E-state index contributed by atoms with van der Waals surface area (Å²) in [5, 5.41) is 0. The van der Waals surface area contributed by atoms with E-state index in [0.29, 0.717) is 6.04 Å². The lowest BCUT2D eigenvalue weighted by molar-refractivity contribution is 0.438. The highest BCUT2D eigenvalue weighted by Gasteiger charge is 2.19. The van der Waals surface area contributed by atoms with E-state index in [1.54, 1.807) is 0 Å². The van der Waals surface area contributed by atoms with Crippen molar-refractivity contribution >= 4 is 23.3 Å². The van der Waals surface area contributed by atoms with Gasteiger partial charge in [0.2, 0.25) is 0 Å². The number of H-pyrrole nitrogens is 1. The number of pyridine rings is 1. The van der Waals surface area contributed by atoms with E-state index in [-0.39, 0.29) is 0 Å². The van der Waals surface area contributed by atoms with E-state index in [0.717, 1.165) is 16.2 Å². The molecule has 1 fully saturated rings. The Morgan fingerprint density at radius 1 is 1.33 bits per heavy atom. The van der Waals surface area contributed by atoms with Gasteiger partial charge in [-0.15, -0.1) is 0 Å². The molecule has 0 aromatic carbocycles. The SMILES string of the molecule is CC1CCCC(n2c(=S)[nH]c3cnccc32)CC1. The van der Waals surface area contributed by atoms with Crippen molar-refractivity contribution in [3.8, 4) is 0 Å². The lowest BCUT2D eigenvalue weighted by Crippen LogP contribution is -2.08. The fourth-order valence-electron chi connectivity index (χ4n) is 3.07. The number of fused-ring (bicyclic) bond motifs is 1. The lowest BCUT2D eigenvalue weighted by Gasteiger charge is -2.17. The first-order valence-corrected chi connectivity index (χ1v) is 7.21. The minimum absolute atomic E-state index is 0.554. The highest BCUT2D eigenvalue weighted by Crippen LogP contribution is 2.32. The van der Waals surface area contributed by atoms with Crippen molar-refractivity contribution in [2.24, 2.45) is 5.92 Å². The summed E-state index contributed by atoms with van der Waals surface area (Å²) >= 11 is 5.49. The van der Waals surface area contributed by atoms with E-state index >= 15 is 0 Å². The molecule has 0 aliphatic heterocycles. The van der Waals surface area contributed by atoms with Crippen LogP contribution in [0.25, 0.3) is 11.0 Å². The van der Waals surface area contributed by atoms with E-state index in [1.165, 1.54) is 37.6 Å². The second-order valence-electron chi connectivity index (χ2n) is 5.46. The minimum Gasteiger partial charge on any atom is -0.329 e. The van der Waals surface area contributed by atoms with Crippen molar-refractivity contribution in [1.29, 1.82) is 0 Å². The molecular formula is C14H19N3S. The van der Waals surface area contributed by atoms with Crippen LogP contribution in [0.5, 0.6) is 0 Å². The van der Waals surface area contributed by atoms with E-state index in [1.807, 2.05) is 12.4 Å². The molecule has 1 N–H and O–H groups in total. The van der Waals surface area contributed by atoms with Gasteiger partial charge in [0.05, 0.1) is 17.2 Å². The molecule has 18 heavy (non-hydrogen) atoms. The van der Waals surface area contributed by atoms with Gasteiger partial charge in [-0.2, -0.15) is 0 Å². The molecule has 2 unspecified atom stereocenters. The molecule has 2 aromatic heterocycles. The summed E-state index contributed by atoms with van der Waals surface area (Å²) in [5.41, 5.74) is 2.26. The maximum atomic E-state index is 5.49. The zero-order valence-electron chi connectivity index (χ0n) is 10.7. The minimum atomic E-state index is 0.554. The van der Waals surface area contributed by atoms with Crippen molar-refractivity contribution in [3.05, 3.63) is 23.2 Å². The van der Waals surface area contributed by atoms with Gasteiger partial charge in [0.25, 0.3) is 0 Å². The smallest absolute Gasteiger partial charge is 0.178 e. The van der Waals surface area contributed by atoms with Crippen LogP contribution in [0.2, 0.25) is 0 Å². The van der Waals surface area contributed by atoms with Gasteiger partial charge in [-0.3, -0.25) is 4.98 Å². The maximum absolute atomic E-state index is 5.49.